The van der Waals surface area contributed by atoms with Crippen molar-refractivity contribution in [2.24, 2.45) is 0 Å². The molecule has 0 unspecified atom stereocenters. The summed E-state index contributed by atoms with van der Waals surface area (Å²) in [7, 11) is 0. The van der Waals surface area contributed by atoms with Crippen LogP contribution in [0, 0.1) is 11.3 Å². The molecule has 0 spiro atoms. The maximum absolute atomic E-state index is 8.56. The van der Waals surface area contributed by atoms with Gasteiger partial charge in [0.1, 0.15) is 18.1 Å². The predicted octanol–water partition coefficient (Wildman–Crippen LogP) is 2.78. The van der Waals surface area contributed by atoms with Crippen LogP contribution in [0.3, 0.4) is 0 Å². The summed E-state index contributed by atoms with van der Waals surface area (Å²) in [6.45, 7) is 0.335. The van der Waals surface area contributed by atoms with Crippen molar-refractivity contribution in [2.45, 2.75) is 13.0 Å². The Morgan fingerprint density at radius 3 is 2.50 bits per heavy atom. The monoisotopic (exact) mass is 259 g/mol. The van der Waals surface area contributed by atoms with Gasteiger partial charge in [0.05, 0.1) is 12.5 Å². The second-order valence-corrected chi connectivity index (χ2v) is 4.00. The van der Waals surface area contributed by atoms with Crippen molar-refractivity contribution < 1.29 is 4.74 Å². The van der Waals surface area contributed by atoms with E-state index in [1.807, 2.05) is 24.3 Å². The maximum atomic E-state index is 8.56. The first kappa shape index (κ1) is 12.3. The fraction of sp³-hybridized carbons (Fsp3) is 0.154. The molecule has 0 N–H and O–H groups in total. The molecule has 0 saturated heterocycles. The summed E-state index contributed by atoms with van der Waals surface area (Å²) in [5.74, 6) is 0.730. The van der Waals surface area contributed by atoms with Crippen LogP contribution in [0.4, 0.5) is 0 Å². The van der Waals surface area contributed by atoms with Crippen LogP contribution in [0.15, 0.2) is 36.4 Å². The average molecular weight is 260 g/mol. The number of benzene rings is 1. The van der Waals surface area contributed by atoms with Gasteiger partial charge in [0.25, 0.3) is 0 Å². The summed E-state index contributed by atoms with van der Waals surface area (Å²) in [6.07, 6.45) is 0.406. The summed E-state index contributed by atoms with van der Waals surface area (Å²) in [5, 5.41) is 16.5. The van der Waals surface area contributed by atoms with Gasteiger partial charge in [-0.2, -0.15) is 10.4 Å². The van der Waals surface area contributed by atoms with Crippen molar-refractivity contribution in [3.05, 3.63) is 52.8 Å². The Morgan fingerprint density at radius 1 is 1.11 bits per heavy atom. The molecular weight excluding hydrogens is 250 g/mol. The van der Waals surface area contributed by atoms with Crippen LogP contribution >= 0.6 is 11.6 Å². The normalized spacial score (nSPS) is 9.78. The minimum atomic E-state index is 0.335. The van der Waals surface area contributed by atoms with Gasteiger partial charge in [0, 0.05) is 0 Å². The highest BCUT2D eigenvalue weighted by Gasteiger charge is 1.99. The Hall–Kier alpha value is -2.12. The van der Waals surface area contributed by atoms with Gasteiger partial charge in [-0.3, -0.25) is 0 Å². The highest BCUT2D eigenvalue weighted by Crippen LogP contribution is 2.14. The largest absolute Gasteiger partial charge is 0.487 e. The molecule has 0 aliphatic carbocycles. The standard InChI is InChI=1S/C13H10ClN3O/c14-13-6-3-11(16-17-13)9-18-12-4-1-10(2-5-12)7-8-15/h1-6H,7,9H2. The van der Waals surface area contributed by atoms with Gasteiger partial charge in [-0.1, -0.05) is 23.7 Å². The lowest BCUT2D eigenvalue weighted by atomic mass is 10.2. The van der Waals surface area contributed by atoms with Crippen LogP contribution in [0.2, 0.25) is 5.15 Å². The van der Waals surface area contributed by atoms with E-state index in [4.69, 9.17) is 21.6 Å². The smallest absolute Gasteiger partial charge is 0.151 e. The second kappa shape index (κ2) is 5.99. The van der Waals surface area contributed by atoms with E-state index in [2.05, 4.69) is 16.3 Å². The van der Waals surface area contributed by atoms with Crippen molar-refractivity contribution in [1.82, 2.24) is 10.2 Å². The van der Waals surface area contributed by atoms with E-state index in [-0.39, 0.29) is 0 Å². The molecule has 2 aromatic rings. The molecule has 1 heterocycles. The van der Waals surface area contributed by atoms with Gasteiger partial charge < -0.3 is 4.74 Å². The lowest BCUT2D eigenvalue weighted by Crippen LogP contribution is -1.99. The number of nitrogens with zero attached hydrogens (tertiary/aromatic N) is 3. The summed E-state index contributed by atoms with van der Waals surface area (Å²) < 4.78 is 5.54. The van der Waals surface area contributed by atoms with Gasteiger partial charge in [-0.25, -0.2) is 0 Å². The summed E-state index contributed by atoms with van der Waals surface area (Å²) >= 11 is 5.64. The minimum Gasteiger partial charge on any atom is -0.487 e. The molecule has 4 nitrogen and oxygen atoms in total. The molecule has 0 bridgehead atoms. The van der Waals surface area contributed by atoms with Crippen molar-refractivity contribution >= 4 is 11.6 Å². The van der Waals surface area contributed by atoms with Crippen LogP contribution in [-0.2, 0) is 13.0 Å². The van der Waals surface area contributed by atoms with E-state index in [0.717, 1.165) is 11.3 Å². The number of halogens is 1. The molecule has 1 aromatic heterocycles. The first-order valence-corrected chi connectivity index (χ1v) is 5.72. The Kier molecular flexibility index (Phi) is 4.11. The van der Waals surface area contributed by atoms with Gasteiger partial charge in [-0.05, 0) is 29.8 Å². The number of rotatable bonds is 4. The molecule has 0 aliphatic rings. The highest BCUT2D eigenvalue weighted by atomic mass is 35.5. The fourth-order valence-corrected chi connectivity index (χ4v) is 1.47. The summed E-state index contributed by atoms with van der Waals surface area (Å²) in [5.41, 5.74) is 1.68. The molecule has 0 saturated carbocycles. The first-order valence-electron chi connectivity index (χ1n) is 5.35. The molecule has 5 heteroatoms. The van der Waals surface area contributed by atoms with E-state index < -0.39 is 0 Å². The zero-order valence-electron chi connectivity index (χ0n) is 9.51. The van der Waals surface area contributed by atoms with E-state index in [1.165, 1.54) is 0 Å². The Bertz CT molecular complexity index is 546. The van der Waals surface area contributed by atoms with Gasteiger partial charge in [0.15, 0.2) is 5.15 Å². The van der Waals surface area contributed by atoms with E-state index in [1.54, 1.807) is 12.1 Å². The van der Waals surface area contributed by atoms with Crippen LogP contribution < -0.4 is 4.74 Å². The molecule has 2 rings (SSSR count). The molecule has 0 amide bonds. The third kappa shape index (κ3) is 3.44. The molecule has 18 heavy (non-hydrogen) atoms. The zero-order chi connectivity index (χ0) is 12.8. The average Bonchev–Trinajstić information content (AvgIpc) is 2.40. The third-order valence-electron chi connectivity index (χ3n) is 2.28. The Balaban J connectivity index is 1.94. The maximum Gasteiger partial charge on any atom is 0.151 e. The fourth-order valence-electron chi connectivity index (χ4n) is 1.37. The molecule has 0 aliphatic heterocycles. The van der Waals surface area contributed by atoms with Crippen LogP contribution in [0.1, 0.15) is 11.3 Å². The number of hydrogen-bond donors (Lipinski definition) is 0. The molecule has 1 aromatic carbocycles. The third-order valence-corrected chi connectivity index (χ3v) is 2.48. The number of aromatic nitrogens is 2. The van der Waals surface area contributed by atoms with Gasteiger partial charge >= 0.3 is 0 Å². The predicted molar refractivity (Wildman–Crippen MR) is 67.1 cm³/mol. The number of hydrogen-bond acceptors (Lipinski definition) is 4. The van der Waals surface area contributed by atoms with Crippen LogP contribution in [0.5, 0.6) is 5.75 Å². The summed E-state index contributed by atoms with van der Waals surface area (Å²) in [4.78, 5) is 0. The zero-order valence-corrected chi connectivity index (χ0v) is 10.3. The number of nitriles is 1. The van der Waals surface area contributed by atoms with Gasteiger partial charge in [0.2, 0.25) is 0 Å². The molecular formula is C13H10ClN3O. The molecule has 0 atom stereocenters. The Labute approximate surface area is 110 Å². The lowest BCUT2D eigenvalue weighted by molar-refractivity contribution is 0.300. The molecule has 0 radical (unpaired) electrons. The van der Waals surface area contributed by atoms with E-state index in [0.29, 0.717) is 23.9 Å². The van der Waals surface area contributed by atoms with Crippen molar-refractivity contribution in [2.75, 3.05) is 0 Å². The Morgan fingerprint density at radius 2 is 1.89 bits per heavy atom. The van der Waals surface area contributed by atoms with E-state index >= 15 is 0 Å². The van der Waals surface area contributed by atoms with E-state index in [9.17, 15) is 0 Å². The van der Waals surface area contributed by atoms with Crippen molar-refractivity contribution in [3.63, 3.8) is 0 Å². The van der Waals surface area contributed by atoms with Crippen molar-refractivity contribution in [1.29, 1.82) is 5.26 Å². The summed E-state index contributed by atoms with van der Waals surface area (Å²) in [6, 6.07) is 12.9. The van der Waals surface area contributed by atoms with Crippen molar-refractivity contribution in [3.8, 4) is 11.8 Å². The number of ether oxygens (including phenoxy) is 1. The SMILES string of the molecule is N#CCc1ccc(OCc2ccc(Cl)nn2)cc1. The van der Waals surface area contributed by atoms with Gasteiger partial charge in [-0.15, -0.1) is 5.10 Å². The van der Waals surface area contributed by atoms with Crippen LogP contribution in [-0.4, -0.2) is 10.2 Å². The quantitative estimate of drug-likeness (QED) is 0.847. The minimum absolute atomic E-state index is 0.335. The highest BCUT2D eigenvalue weighted by molar-refractivity contribution is 6.29. The second-order valence-electron chi connectivity index (χ2n) is 3.61. The van der Waals surface area contributed by atoms with Crippen LogP contribution in [0.25, 0.3) is 0 Å². The first-order chi connectivity index (χ1) is 8.78. The molecule has 90 valence electrons. The topological polar surface area (TPSA) is 58.8 Å². The lowest BCUT2D eigenvalue weighted by Gasteiger charge is -2.05. The molecule has 0 fully saturated rings.